The van der Waals surface area contributed by atoms with Gasteiger partial charge in [-0.2, -0.15) is 0 Å². The first-order valence-electron chi connectivity index (χ1n) is 10.1. The number of hydrogen-bond donors (Lipinski definition) is 1. The summed E-state index contributed by atoms with van der Waals surface area (Å²) in [5, 5.41) is 0. The molecule has 22 heavy (non-hydrogen) atoms. The zero-order valence-corrected chi connectivity index (χ0v) is 16.1. The molecule has 2 saturated carbocycles. The molecule has 2 N–H and O–H groups in total. The minimum Gasteiger partial charge on any atom is -0.328 e. The molecule has 0 aliphatic heterocycles. The molecule has 7 atom stereocenters. The maximum Gasteiger partial charge on any atom is 0.00442 e. The second kappa shape index (κ2) is 7.24. The molecule has 1 nitrogen and oxygen atoms in total. The molecule has 0 radical (unpaired) electrons. The highest BCUT2D eigenvalue weighted by molar-refractivity contribution is 5.06. The zero-order chi connectivity index (χ0) is 16.5. The Morgan fingerprint density at radius 3 is 2.09 bits per heavy atom. The SMILES string of the molecule is CCC(C)CC(C(C)N)C(C)(C1CC1)C(CC)C1CC1CC. The van der Waals surface area contributed by atoms with E-state index in [1.165, 1.54) is 44.9 Å². The third kappa shape index (κ3) is 3.55. The molecule has 0 heterocycles. The van der Waals surface area contributed by atoms with E-state index >= 15 is 0 Å². The van der Waals surface area contributed by atoms with E-state index in [9.17, 15) is 0 Å². The maximum atomic E-state index is 6.57. The Kier molecular flexibility index (Phi) is 6.02. The highest BCUT2D eigenvalue weighted by atomic mass is 14.7. The summed E-state index contributed by atoms with van der Waals surface area (Å²) in [6.07, 6.45) is 9.78. The summed E-state index contributed by atoms with van der Waals surface area (Å²) in [6, 6.07) is 0.340. The molecular formula is C21H41N. The third-order valence-electron chi connectivity index (χ3n) is 7.50. The molecule has 2 aliphatic rings. The lowest BCUT2D eigenvalue weighted by Gasteiger charge is -2.48. The molecule has 130 valence electrons. The highest BCUT2D eigenvalue weighted by Gasteiger charge is 2.57. The largest absolute Gasteiger partial charge is 0.328 e. The summed E-state index contributed by atoms with van der Waals surface area (Å²) < 4.78 is 0. The fraction of sp³-hybridized carbons (Fsp3) is 1.00. The van der Waals surface area contributed by atoms with Crippen LogP contribution >= 0.6 is 0 Å². The normalized spacial score (nSPS) is 32.9. The van der Waals surface area contributed by atoms with Crippen LogP contribution in [0.5, 0.6) is 0 Å². The van der Waals surface area contributed by atoms with Gasteiger partial charge in [-0.15, -0.1) is 0 Å². The standard InChI is InChI=1S/C21H41N/c1-7-14(4)12-20(15(5)22)21(6,17-10-11-17)19(9-3)18-13-16(18)8-2/h14-20H,7-13,22H2,1-6H3. The fourth-order valence-electron chi connectivity index (χ4n) is 5.66. The van der Waals surface area contributed by atoms with Crippen molar-refractivity contribution in [2.24, 2.45) is 46.7 Å². The van der Waals surface area contributed by atoms with Gasteiger partial charge < -0.3 is 5.73 Å². The van der Waals surface area contributed by atoms with Crippen LogP contribution in [-0.4, -0.2) is 6.04 Å². The van der Waals surface area contributed by atoms with Crippen LogP contribution in [0.15, 0.2) is 0 Å². The van der Waals surface area contributed by atoms with Crippen LogP contribution in [0.1, 0.15) is 86.5 Å². The summed E-state index contributed by atoms with van der Waals surface area (Å²) in [5.74, 6) is 5.39. The molecule has 0 amide bonds. The van der Waals surface area contributed by atoms with Crippen LogP contribution in [0.4, 0.5) is 0 Å². The van der Waals surface area contributed by atoms with Crippen LogP contribution < -0.4 is 5.73 Å². The van der Waals surface area contributed by atoms with E-state index in [4.69, 9.17) is 5.73 Å². The molecule has 2 rings (SSSR count). The van der Waals surface area contributed by atoms with Gasteiger partial charge in [0.1, 0.15) is 0 Å². The first-order chi connectivity index (χ1) is 10.4. The monoisotopic (exact) mass is 307 g/mol. The van der Waals surface area contributed by atoms with E-state index in [0.29, 0.717) is 17.4 Å². The molecule has 0 saturated heterocycles. The van der Waals surface area contributed by atoms with Crippen molar-refractivity contribution in [3.8, 4) is 0 Å². The van der Waals surface area contributed by atoms with Gasteiger partial charge in [0, 0.05) is 6.04 Å². The molecule has 2 fully saturated rings. The maximum absolute atomic E-state index is 6.57. The van der Waals surface area contributed by atoms with Gasteiger partial charge in [0.25, 0.3) is 0 Å². The van der Waals surface area contributed by atoms with Crippen molar-refractivity contribution in [1.82, 2.24) is 0 Å². The van der Waals surface area contributed by atoms with Crippen LogP contribution in [0.2, 0.25) is 0 Å². The van der Waals surface area contributed by atoms with E-state index in [2.05, 4.69) is 41.5 Å². The van der Waals surface area contributed by atoms with Crippen molar-refractivity contribution in [3.05, 3.63) is 0 Å². The Balaban J connectivity index is 2.24. The highest BCUT2D eigenvalue weighted by Crippen LogP contribution is 2.63. The smallest absolute Gasteiger partial charge is 0.00442 e. The average Bonchev–Trinajstić information content (AvgIpc) is 3.37. The summed E-state index contributed by atoms with van der Waals surface area (Å²) in [7, 11) is 0. The van der Waals surface area contributed by atoms with Crippen LogP contribution in [-0.2, 0) is 0 Å². The van der Waals surface area contributed by atoms with E-state index in [1.807, 2.05) is 0 Å². The lowest BCUT2D eigenvalue weighted by atomic mass is 9.58. The second-order valence-corrected chi connectivity index (χ2v) is 8.94. The summed E-state index contributed by atoms with van der Waals surface area (Å²) in [4.78, 5) is 0. The molecule has 0 bridgehead atoms. The Morgan fingerprint density at radius 1 is 1.09 bits per heavy atom. The van der Waals surface area contributed by atoms with Gasteiger partial charge in [0.15, 0.2) is 0 Å². The predicted octanol–water partition coefficient (Wildman–Crippen LogP) is 5.87. The fourth-order valence-corrected chi connectivity index (χ4v) is 5.66. The quantitative estimate of drug-likeness (QED) is 0.536. The van der Waals surface area contributed by atoms with Gasteiger partial charge >= 0.3 is 0 Å². The molecular weight excluding hydrogens is 266 g/mol. The van der Waals surface area contributed by atoms with Crippen molar-refractivity contribution in [3.63, 3.8) is 0 Å². The Bertz CT molecular complexity index is 346. The first kappa shape index (κ1) is 18.3. The van der Waals surface area contributed by atoms with E-state index in [1.54, 1.807) is 0 Å². The Hall–Kier alpha value is -0.0400. The van der Waals surface area contributed by atoms with Gasteiger partial charge in [-0.3, -0.25) is 0 Å². The van der Waals surface area contributed by atoms with E-state index < -0.39 is 0 Å². The predicted molar refractivity (Wildman–Crippen MR) is 97.7 cm³/mol. The summed E-state index contributed by atoms with van der Waals surface area (Å²) >= 11 is 0. The second-order valence-electron chi connectivity index (χ2n) is 8.94. The minimum absolute atomic E-state index is 0.340. The molecule has 7 unspecified atom stereocenters. The first-order valence-corrected chi connectivity index (χ1v) is 10.1. The van der Waals surface area contributed by atoms with Gasteiger partial charge in [-0.05, 0) is 73.5 Å². The number of nitrogens with two attached hydrogens (primary N) is 1. The summed E-state index contributed by atoms with van der Waals surface area (Å²) in [5.41, 5.74) is 7.06. The molecule has 0 aromatic heterocycles. The zero-order valence-electron chi connectivity index (χ0n) is 16.1. The van der Waals surface area contributed by atoms with Crippen LogP contribution in [0, 0.1) is 40.9 Å². The number of hydrogen-bond acceptors (Lipinski definition) is 1. The molecule has 0 aromatic rings. The van der Waals surface area contributed by atoms with Gasteiger partial charge in [0.05, 0.1) is 0 Å². The average molecular weight is 308 g/mol. The molecule has 0 spiro atoms. The van der Waals surface area contributed by atoms with Gasteiger partial charge in [-0.1, -0.05) is 53.9 Å². The lowest BCUT2D eigenvalue weighted by Crippen LogP contribution is -2.47. The molecule has 1 heteroatoms. The topological polar surface area (TPSA) is 26.0 Å². The Morgan fingerprint density at radius 2 is 1.73 bits per heavy atom. The van der Waals surface area contributed by atoms with Gasteiger partial charge in [0.2, 0.25) is 0 Å². The minimum atomic E-state index is 0.340. The summed E-state index contributed by atoms with van der Waals surface area (Å²) in [6.45, 7) is 14.5. The van der Waals surface area contributed by atoms with Crippen molar-refractivity contribution in [2.75, 3.05) is 0 Å². The Labute approximate surface area is 139 Å². The van der Waals surface area contributed by atoms with Crippen LogP contribution in [0.3, 0.4) is 0 Å². The lowest BCUT2D eigenvalue weighted by molar-refractivity contribution is 0.0168. The van der Waals surface area contributed by atoms with E-state index in [0.717, 1.165) is 29.6 Å². The van der Waals surface area contributed by atoms with Gasteiger partial charge in [-0.25, -0.2) is 0 Å². The molecule has 0 aromatic carbocycles. The van der Waals surface area contributed by atoms with Crippen molar-refractivity contribution in [2.45, 2.75) is 92.5 Å². The van der Waals surface area contributed by atoms with E-state index in [-0.39, 0.29) is 0 Å². The van der Waals surface area contributed by atoms with Crippen LogP contribution in [0.25, 0.3) is 0 Å². The van der Waals surface area contributed by atoms with Crippen molar-refractivity contribution in [1.29, 1.82) is 0 Å². The molecule has 2 aliphatic carbocycles. The van der Waals surface area contributed by atoms with Crippen molar-refractivity contribution >= 4 is 0 Å². The van der Waals surface area contributed by atoms with Crippen molar-refractivity contribution < 1.29 is 0 Å². The third-order valence-corrected chi connectivity index (χ3v) is 7.50. The number of rotatable bonds is 10.